The summed E-state index contributed by atoms with van der Waals surface area (Å²) in [5.41, 5.74) is 2.70. The Balaban J connectivity index is 1.88. The van der Waals surface area contributed by atoms with Crippen molar-refractivity contribution < 1.29 is 19.0 Å². The van der Waals surface area contributed by atoms with Gasteiger partial charge in [0, 0.05) is 22.7 Å². The van der Waals surface area contributed by atoms with Gasteiger partial charge in [-0.15, -0.1) is 0 Å². The minimum atomic E-state index is -0.324. The quantitative estimate of drug-likeness (QED) is 0.832. The second-order valence-electron chi connectivity index (χ2n) is 5.65. The van der Waals surface area contributed by atoms with Crippen molar-refractivity contribution >= 4 is 29.7 Å². The predicted octanol–water partition coefficient (Wildman–Crippen LogP) is 4.32. The van der Waals surface area contributed by atoms with Crippen LogP contribution in [0.1, 0.15) is 11.1 Å². The number of hydrogen-bond acceptors (Lipinski definition) is 4. The predicted molar refractivity (Wildman–Crippen MR) is 99.3 cm³/mol. The van der Waals surface area contributed by atoms with Crippen LogP contribution in [0.2, 0.25) is 0 Å². The molecule has 0 atom stereocenters. The number of Topliss-reactive ketones (excluding diaryl/α,β-unsaturated/α-hetero) is 1. The number of carbonyl (C=O) groups excluding carboxylic acids is 1. The summed E-state index contributed by atoms with van der Waals surface area (Å²) in [7, 11) is 1.48. The molecule has 1 saturated heterocycles. The lowest BCUT2D eigenvalue weighted by Crippen LogP contribution is -2.16. The summed E-state index contributed by atoms with van der Waals surface area (Å²) in [6.07, 6.45) is 3.50. The van der Waals surface area contributed by atoms with E-state index in [2.05, 4.69) is 0 Å². The largest absolute Gasteiger partial charge is 0.504 e. The Labute approximate surface area is 149 Å². The van der Waals surface area contributed by atoms with Gasteiger partial charge >= 0.3 is 0 Å². The van der Waals surface area contributed by atoms with Gasteiger partial charge in [0.1, 0.15) is 5.82 Å². The molecule has 1 N–H and O–H groups in total. The third kappa shape index (κ3) is 4.12. The maximum Gasteiger partial charge on any atom is 0.186 e. The van der Waals surface area contributed by atoms with Gasteiger partial charge in [-0.3, -0.25) is 4.79 Å². The SMILES string of the molecule is COc1ccc(/C=C2\CSC/C(=C\c3cccc(F)c3)C2=O)cc1O. The number of hydrogen-bond donors (Lipinski definition) is 1. The van der Waals surface area contributed by atoms with E-state index in [9.17, 15) is 14.3 Å². The summed E-state index contributed by atoms with van der Waals surface area (Å²) in [6, 6.07) is 11.2. The molecule has 1 aliphatic heterocycles. The number of aromatic hydroxyl groups is 1. The monoisotopic (exact) mass is 356 g/mol. The van der Waals surface area contributed by atoms with Crippen LogP contribution in [-0.4, -0.2) is 29.5 Å². The number of methoxy groups -OCH3 is 1. The molecule has 0 aliphatic carbocycles. The van der Waals surface area contributed by atoms with Crippen LogP contribution in [0.15, 0.2) is 53.6 Å². The second kappa shape index (κ2) is 7.57. The van der Waals surface area contributed by atoms with Crippen molar-refractivity contribution in [1.82, 2.24) is 0 Å². The standard InChI is InChI=1S/C20H17FO3S/c1-24-19-6-5-14(10-18(19)22)8-16-12-25-11-15(20(16)23)7-13-3-2-4-17(21)9-13/h2-10,22H,11-12H2,1H3/b15-7+,16-8+. The average molecular weight is 356 g/mol. The van der Waals surface area contributed by atoms with Gasteiger partial charge in [0.25, 0.3) is 0 Å². The van der Waals surface area contributed by atoms with Gasteiger partial charge in [0.2, 0.25) is 0 Å². The van der Waals surface area contributed by atoms with Crippen LogP contribution in [0, 0.1) is 5.82 Å². The van der Waals surface area contributed by atoms with Crippen molar-refractivity contribution in [3.63, 3.8) is 0 Å². The molecule has 0 saturated carbocycles. The number of ether oxygens (including phenoxy) is 1. The summed E-state index contributed by atoms with van der Waals surface area (Å²) in [5, 5.41) is 9.87. The zero-order valence-electron chi connectivity index (χ0n) is 13.7. The third-order valence-corrected chi connectivity index (χ3v) is 4.86. The van der Waals surface area contributed by atoms with Gasteiger partial charge in [0.05, 0.1) is 7.11 Å². The van der Waals surface area contributed by atoms with E-state index in [1.807, 2.05) is 0 Å². The Kier molecular flexibility index (Phi) is 5.24. The van der Waals surface area contributed by atoms with Crippen molar-refractivity contribution in [1.29, 1.82) is 0 Å². The molecule has 2 aromatic rings. The van der Waals surface area contributed by atoms with Crippen LogP contribution in [0.5, 0.6) is 11.5 Å². The van der Waals surface area contributed by atoms with E-state index in [1.54, 1.807) is 54.2 Å². The zero-order valence-corrected chi connectivity index (χ0v) is 14.5. The van der Waals surface area contributed by atoms with Crippen LogP contribution < -0.4 is 4.74 Å². The Bertz CT molecular complexity index is 871. The van der Waals surface area contributed by atoms with Gasteiger partial charge in [0.15, 0.2) is 17.3 Å². The van der Waals surface area contributed by atoms with Crippen LogP contribution >= 0.6 is 11.8 Å². The first-order valence-electron chi connectivity index (χ1n) is 7.73. The molecule has 3 rings (SSSR count). The Hall–Kier alpha value is -2.53. The van der Waals surface area contributed by atoms with Crippen molar-refractivity contribution in [3.8, 4) is 11.5 Å². The average Bonchev–Trinajstić information content (AvgIpc) is 2.59. The summed E-state index contributed by atoms with van der Waals surface area (Å²) >= 11 is 1.63. The fourth-order valence-corrected chi connectivity index (χ4v) is 3.59. The molecule has 0 aromatic heterocycles. The fraction of sp³-hybridized carbons (Fsp3) is 0.150. The highest BCUT2D eigenvalue weighted by atomic mass is 32.2. The van der Waals surface area contributed by atoms with Crippen molar-refractivity contribution in [3.05, 3.63) is 70.6 Å². The Morgan fingerprint density at radius 2 is 1.76 bits per heavy atom. The molecule has 5 heteroatoms. The Morgan fingerprint density at radius 3 is 2.36 bits per heavy atom. The lowest BCUT2D eigenvalue weighted by molar-refractivity contribution is -0.112. The van der Waals surface area contributed by atoms with Gasteiger partial charge in [-0.05, 0) is 47.5 Å². The zero-order chi connectivity index (χ0) is 17.8. The molecule has 3 nitrogen and oxygen atoms in total. The lowest BCUT2D eigenvalue weighted by atomic mass is 10.0. The highest BCUT2D eigenvalue weighted by Crippen LogP contribution is 2.30. The number of ketones is 1. The summed E-state index contributed by atoms with van der Waals surface area (Å²) < 4.78 is 18.3. The number of phenolic OH excluding ortho intramolecular Hbond substituents is 1. The summed E-state index contributed by atoms with van der Waals surface area (Å²) in [5.74, 6) is 1.25. The first-order chi connectivity index (χ1) is 12.1. The number of thioether (sulfide) groups is 1. The molecule has 25 heavy (non-hydrogen) atoms. The molecule has 0 spiro atoms. The summed E-state index contributed by atoms with van der Waals surface area (Å²) in [6.45, 7) is 0. The van der Waals surface area contributed by atoms with E-state index in [1.165, 1.54) is 19.2 Å². The van der Waals surface area contributed by atoms with Gasteiger partial charge in [-0.1, -0.05) is 18.2 Å². The maximum absolute atomic E-state index is 13.3. The molecule has 0 unspecified atom stereocenters. The molecule has 1 aliphatic rings. The van der Waals surface area contributed by atoms with E-state index >= 15 is 0 Å². The first kappa shape index (κ1) is 17.3. The Morgan fingerprint density at radius 1 is 1.08 bits per heavy atom. The number of phenols is 1. The van der Waals surface area contributed by atoms with Gasteiger partial charge < -0.3 is 9.84 Å². The van der Waals surface area contributed by atoms with Crippen LogP contribution in [0.4, 0.5) is 4.39 Å². The molecular formula is C20H17FO3S. The van der Waals surface area contributed by atoms with E-state index in [4.69, 9.17) is 4.74 Å². The molecular weight excluding hydrogens is 339 g/mol. The van der Waals surface area contributed by atoms with Crippen molar-refractivity contribution in [2.75, 3.05) is 18.6 Å². The minimum absolute atomic E-state index is 0.0308. The van der Waals surface area contributed by atoms with E-state index in [-0.39, 0.29) is 17.3 Å². The van der Waals surface area contributed by atoms with Crippen molar-refractivity contribution in [2.24, 2.45) is 0 Å². The fourth-order valence-electron chi connectivity index (χ4n) is 2.62. The van der Waals surface area contributed by atoms with Gasteiger partial charge in [-0.2, -0.15) is 11.8 Å². The van der Waals surface area contributed by atoms with Crippen molar-refractivity contribution in [2.45, 2.75) is 0 Å². The maximum atomic E-state index is 13.3. The number of benzene rings is 2. The number of carbonyl (C=O) groups is 1. The number of halogens is 1. The topological polar surface area (TPSA) is 46.5 Å². The normalized spacial score (nSPS) is 17.9. The molecule has 0 bridgehead atoms. The highest BCUT2D eigenvalue weighted by molar-refractivity contribution is 7.99. The lowest BCUT2D eigenvalue weighted by Gasteiger charge is -2.16. The smallest absolute Gasteiger partial charge is 0.186 e. The molecule has 0 amide bonds. The second-order valence-corrected chi connectivity index (χ2v) is 6.63. The third-order valence-electron chi connectivity index (χ3n) is 3.83. The number of rotatable bonds is 3. The van der Waals surface area contributed by atoms with Crippen LogP contribution in [0.25, 0.3) is 12.2 Å². The molecule has 1 heterocycles. The molecule has 2 aromatic carbocycles. The molecule has 1 fully saturated rings. The van der Waals surface area contributed by atoms with E-state index in [0.29, 0.717) is 34.0 Å². The first-order valence-corrected chi connectivity index (χ1v) is 8.88. The minimum Gasteiger partial charge on any atom is -0.504 e. The van der Waals surface area contributed by atoms with E-state index < -0.39 is 0 Å². The highest BCUT2D eigenvalue weighted by Gasteiger charge is 2.21. The summed E-state index contributed by atoms with van der Waals surface area (Å²) in [4.78, 5) is 12.7. The molecule has 128 valence electrons. The van der Waals surface area contributed by atoms with Crippen LogP contribution in [-0.2, 0) is 4.79 Å². The van der Waals surface area contributed by atoms with E-state index in [0.717, 1.165) is 5.56 Å². The molecule has 0 radical (unpaired) electrons. The van der Waals surface area contributed by atoms with Gasteiger partial charge in [-0.25, -0.2) is 4.39 Å². The van der Waals surface area contributed by atoms with Crippen LogP contribution in [0.3, 0.4) is 0 Å².